The summed E-state index contributed by atoms with van der Waals surface area (Å²) in [5.41, 5.74) is 2.34. The fourth-order valence-corrected chi connectivity index (χ4v) is 3.22. The number of aryl methyl sites for hydroxylation is 1. The Kier molecular flexibility index (Phi) is 9.06. The van der Waals surface area contributed by atoms with Crippen molar-refractivity contribution in [1.29, 1.82) is 0 Å². The molecule has 0 radical (unpaired) electrons. The highest BCUT2D eigenvalue weighted by Gasteiger charge is 2.25. The summed E-state index contributed by atoms with van der Waals surface area (Å²) >= 11 is 0. The van der Waals surface area contributed by atoms with Crippen LogP contribution in [0.25, 0.3) is 0 Å². The molecule has 27 heavy (non-hydrogen) atoms. The van der Waals surface area contributed by atoms with E-state index >= 15 is 0 Å². The lowest BCUT2D eigenvalue weighted by Gasteiger charge is -2.21. The summed E-state index contributed by atoms with van der Waals surface area (Å²) in [6, 6.07) is 12.4. The summed E-state index contributed by atoms with van der Waals surface area (Å²) < 4.78 is 7.80. The van der Waals surface area contributed by atoms with E-state index in [0.29, 0.717) is 19.1 Å². The molecule has 1 aromatic heterocycles. The van der Waals surface area contributed by atoms with Crippen LogP contribution in [-0.4, -0.2) is 46.9 Å². The topological polar surface area (TPSA) is 54.7 Å². The molecule has 1 aliphatic heterocycles. The average molecular weight is 483 g/mol. The molecule has 2 heterocycles. The Morgan fingerprint density at radius 1 is 1.30 bits per heavy atom. The zero-order valence-electron chi connectivity index (χ0n) is 16.2. The second kappa shape index (κ2) is 11.3. The van der Waals surface area contributed by atoms with Gasteiger partial charge in [-0.15, -0.1) is 24.0 Å². The highest BCUT2D eigenvalue weighted by molar-refractivity contribution is 14.0. The number of likely N-dealkylation sites (tertiary alicyclic amines) is 1. The summed E-state index contributed by atoms with van der Waals surface area (Å²) in [4.78, 5) is 7.13. The number of nitrogens with zero attached hydrogens (tertiary/aromatic N) is 4. The Morgan fingerprint density at radius 3 is 2.81 bits per heavy atom. The SMILES string of the molecule is CCNC(=NCc1ccnn1C)N1CCC(COCc2ccccc2)C1.I. The van der Waals surface area contributed by atoms with Crippen molar-refractivity contribution in [2.24, 2.45) is 18.0 Å². The van der Waals surface area contributed by atoms with Crippen LogP contribution in [0.5, 0.6) is 0 Å². The summed E-state index contributed by atoms with van der Waals surface area (Å²) in [6.45, 7) is 7.12. The first kappa shape index (κ1) is 21.7. The van der Waals surface area contributed by atoms with Gasteiger partial charge < -0.3 is 15.0 Å². The zero-order valence-corrected chi connectivity index (χ0v) is 18.5. The molecule has 0 aliphatic carbocycles. The van der Waals surface area contributed by atoms with E-state index in [2.05, 4.69) is 46.5 Å². The van der Waals surface area contributed by atoms with E-state index in [1.807, 2.05) is 30.1 Å². The zero-order chi connectivity index (χ0) is 18.2. The van der Waals surface area contributed by atoms with Crippen LogP contribution in [0, 0.1) is 5.92 Å². The Balaban J connectivity index is 0.00000261. The first-order valence-corrected chi connectivity index (χ1v) is 9.38. The van der Waals surface area contributed by atoms with Gasteiger partial charge in [0.15, 0.2) is 5.96 Å². The minimum atomic E-state index is 0. The number of hydrogen-bond acceptors (Lipinski definition) is 3. The van der Waals surface area contributed by atoms with Gasteiger partial charge in [0.2, 0.25) is 0 Å². The van der Waals surface area contributed by atoms with Crippen molar-refractivity contribution in [3.8, 4) is 0 Å². The molecule has 3 rings (SSSR count). The van der Waals surface area contributed by atoms with E-state index in [9.17, 15) is 0 Å². The van der Waals surface area contributed by atoms with Crippen molar-refractivity contribution < 1.29 is 4.74 Å². The molecule has 2 aromatic rings. The first-order chi connectivity index (χ1) is 12.8. The van der Waals surface area contributed by atoms with Crippen molar-refractivity contribution >= 4 is 29.9 Å². The predicted octanol–water partition coefficient (Wildman–Crippen LogP) is 3.04. The Bertz CT molecular complexity index is 703. The molecule has 1 N–H and O–H groups in total. The van der Waals surface area contributed by atoms with E-state index in [1.54, 1.807) is 0 Å². The Labute approximate surface area is 179 Å². The van der Waals surface area contributed by atoms with Crippen molar-refractivity contribution in [3.05, 3.63) is 53.9 Å². The molecule has 6 nitrogen and oxygen atoms in total. The lowest BCUT2D eigenvalue weighted by Crippen LogP contribution is -2.40. The number of rotatable bonds is 7. The number of benzene rings is 1. The minimum absolute atomic E-state index is 0. The molecule has 1 atom stereocenters. The fourth-order valence-electron chi connectivity index (χ4n) is 3.22. The number of hydrogen-bond donors (Lipinski definition) is 1. The van der Waals surface area contributed by atoms with Crippen LogP contribution in [0.15, 0.2) is 47.6 Å². The fraction of sp³-hybridized carbons (Fsp3) is 0.500. The molecule has 0 amide bonds. The van der Waals surface area contributed by atoms with E-state index in [-0.39, 0.29) is 24.0 Å². The number of ether oxygens (including phenoxy) is 1. The highest BCUT2D eigenvalue weighted by Crippen LogP contribution is 2.17. The van der Waals surface area contributed by atoms with Gasteiger partial charge in [-0.2, -0.15) is 5.10 Å². The molecule has 0 bridgehead atoms. The van der Waals surface area contributed by atoms with Crippen LogP contribution in [-0.2, 0) is 24.9 Å². The highest BCUT2D eigenvalue weighted by atomic mass is 127. The maximum atomic E-state index is 5.93. The molecular formula is C20H30IN5O. The summed E-state index contributed by atoms with van der Waals surface area (Å²) in [6.07, 6.45) is 2.96. The largest absolute Gasteiger partial charge is 0.376 e. The summed E-state index contributed by atoms with van der Waals surface area (Å²) in [5.74, 6) is 1.54. The van der Waals surface area contributed by atoms with E-state index in [0.717, 1.165) is 44.3 Å². The van der Waals surface area contributed by atoms with E-state index < -0.39 is 0 Å². The first-order valence-electron chi connectivity index (χ1n) is 9.38. The van der Waals surface area contributed by atoms with E-state index in [1.165, 1.54) is 5.56 Å². The van der Waals surface area contributed by atoms with Gasteiger partial charge in [-0.05, 0) is 25.0 Å². The number of halogens is 1. The molecule has 1 saturated heterocycles. The van der Waals surface area contributed by atoms with Gasteiger partial charge in [0.25, 0.3) is 0 Å². The Morgan fingerprint density at radius 2 is 2.11 bits per heavy atom. The summed E-state index contributed by atoms with van der Waals surface area (Å²) in [5, 5.41) is 7.62. The van der Waals surface area contributed by atoms with Gasteiger partial charge in [-0.3, -0.25) is 4.68 Å². The molecule has 1 aliphatic rings. The van der Waals surface area contributed by atoms with Gasteiger partial charge in [-0.25, -0.2) is 4.99 Å². The van der Waals surface area contributed by atoms with Crippen molar-refractivity contribution in [2.75, 3.05) is 26.2 Å². The second-order valence-electron chi connectivity index (χ2n) is 6.72. The molecule has 1 fully saturated rings. The minimum Gasteiger partial charge on any atom is -0.376 e. The third kappa shape index (κ3) is 6.49. The lowest BCUT2D eigenvalue weighted by atomic mass is 10.1. The van der Waals surface area contributed by atoms with E-state index in [4.69, 9.17) is 9.73 Å². The monoisotopic (exact) mass is 483 g/mol. The van der Waals surface area contributed by atoms with Gasteiger partial charge in [-0.1, -0.05) is 30.3 Å². The third-order valence-corrected chi connectivity index (χ3v) is 4.70. The predicted molar refractivity (Wildman–Crippen MR) is 119 cm³/mol. The van der Waals surface area contributed by atoms with Gasteiger partial charge >= 0.3 is 0 Å². The second-order valence-corrected chi connectivity index (χ2v) is 6.72. The molecule has 1 aromatic carbocycles. The summed E-state index contributed by atoms with van der Waals surface area (Å²) in [7, 11) is 1.95. The van der Waals surface area contributed by atoms with Crippen LogP contribution in [0.2, 0.25) is 0 Å². The molecule has 148 valence electrons. The van der Waals surface area contributed by atoms with Gasteiger partial charge in [0.1, 0.15) is 0 Å². The third-order valence-electron chi connectivity index (χ3n) is 4.70. The van der Waals surface area contributed by atoms with Crippen molar-refractivity contribution in [2.45, 2.75) is 26.5 Å². The molecular weight excluding hydrogens is 453 g/mol. The maximum absolute atomic E-state index is 5.93. The number of guanidine groups is 1. The van der Waals surface area contributed by atoms with Crippen molar-refractivity contribution in [1.82, 2.24) is 20.0 Å². The van der Waals surface area contributed by atoms with Crippen LogP contribution < -0.4 is 5.32 Å². The molecule has 1 unspecified atom stereocenters. The van der Waals surface area contributed by atoms with Crippen LogP contribution >= 0.6 is 24.0 Å². The quantitative estimate of drug-likeness (QED) is 0.374. The average Bonchev–Trinajstić information content (AvgIpc) is 3.29. The number of aromatic nitrogens is 2. The number of nitrogens with one attached hydrogen (secondary N) is 1. The number of aliphatic imine (C=N–C) groups is 1. The van der Waals surface area contributed by atoms with Crippen molar-refractivity contribution in [3.63, 3.8) is 0 Å². The maximum Gasteiger partial charge on any atom is 0.194 e. The van der Waals surface area contributed by atoms with Gasteiger partial charge in [0.05, 0.1) is 25.5 Å². The smallest absolute Gasteiger partial charge is 0.194 e. The molecule has 7 heteroatoms. The normalized spacial score (nSPS) is 17.0. The van der Waals surface area contributed by atoms with Crippen LogP contribution in [0.3, 0.4) is 0 Å². The lowest BCUT2D eigenvalue weighted by molar-refractivity contribution is 0.0906. The van der Waals surface area contributed by atoms with Crippen LogP contribution in [0.4, 0.5) is 0 Å². The standard InChI is InChI=1S/C20H29N5O.HI/c1-3-21-20(22-13-19-9-11-23-24(19)2)25-12-10-18(14-25)16-26-15-17-7-5-4-6-8-17;/h4-9,11,18H,3,10,12-16H2,1-2H3,(H,21,22);1H. The Hall–Kier alpha value is -1.61. The van der Waals surface area contributed by atoms with Crippen LogP contribution in [0.1, 0.15) is 24.6 Å². The molecule has 0 spiro atoms. The van der Waals surface area contributed by atoms with Gasteiger partial charge in [0, 0.05) is 38.8 Å². The molecule has 0 saturated carbocycles.